The average molecular weight is 220 g/mol. The first-order chi connectivity index (χ1) is 7.85. The third-order valence-electron chi connectivity index (χ3n) is 3.71. The van der Waals surface area contributed by atoms with Crippen LogP contribution in [0, 0.1) is 5.92 Å². The Morgan fingerprint density at radius 1 is 1.25 bits per heavy atom. The van der Waals surface area contributed by atoms with Crippen molar-refractivity contribution < 1.29 is 9.84 Å². The number of hydrogen-bond acceptors (Lipinski definition) is 2. The first kappa shape index (κ1) is 11.5. The second kappa shape index (κ2) is 5.35. The summed E-state index contributed by atoms with van der Waals surface area (Å²) in [5, 5.41) is 9.54. The van der Waals surface area contributed by atoms with Crippen molar-refractivity contribution in [2.24, 2.45) is 5.92 Å². The van der Waals surface area contributed by atoms with Crippen LogP contribution < -0.4 is 4.74 Å². The van der Waals surface area contributed by atoms with Gasteiger partial charge in [-0.05, 0) is 36.5 Å². The molecule has 1 aliphatic carbocycles. The Kier molecular flexibility index (Phi) is 3.83. The molecule has 1 aromatic carbocycles. The normalized spacial score (nSPS) is 18.6. The summed E-state index contributed by atoms with van der Waals surface area (Å²) in [5.41, 5.74) is 1.25. The Morgan fingerprint density at radius 2 is 1.88 bits per heavy atom. The molecule has 1 aliphatic rings. The molecule has 0 aliphatic heterocycles. The van der Waals surface area contributed by atoms with Crippen molar-refractivity contribution in [1.29, 1.82) is 0 Å². The predicted molar refractivity (Wildman–Crippen MR) is 64.8 cm³/mol. The lowest BCUT2D eigenvalue weighted by atomic mass is 9.85. The van der Waals surface area contributed by atoms with Gasteiger partial charge in [-0.25, -0.2) is 0 Å². The van der Waals surface area contributed by atoms with Crippen LogP contribution in [0.15, 0.2) is 24.3 Å². The van der Waals surface area contributed by atoms with Crippen molar-refractivity contribution in [3.8, 4) is 5.75 Å². The van der Waals surface area contributed by atoms with Gasteiger partial charge < -0.3 is 9.84 Å². The fraction of sp³-hybridized carbons (Fsp3) is 0.571. The van der Waals surface area contributed by atoms with Gasteiger partial charge in [0.25, 0.3) is 0 Å². The minimum Gasteiger partial charge on any atom is -0.497 e. The van der Waals surface area contributed by atoms with Gasteiger partial charge in [0, 0.05) is 5.92 Å². The van der Waals surface area contributed by atoms with E-state index in [-0.39, 0.29) is 6.61 Å². The molecule has 16 heavy (non-hydrogen) atoms. The number of aliphatic hydroxyl groups is 1. The van der Waals surface area contributed by atoms with E-state index in [0.29, 0.717) is 11.8 Å². The Labute approximate surface area is 97.3 Å². The molecule has 1 unspecified atom stereocenters. The van der Waals surface area contributed by atoms with Crippen LogP contribution in [-0.4, -0.2) is 18.8 Å². The summed E-state index contributed by atoms with van der Waals surface area (Å²) in [7, 11) is 1.68. The fourth-order valence-electron chi connectivity index (χ4n) is 2.74. The summed E-state index contributed by atoms with van der Waals surface area (Å²) in [4.78, 5) is 0. The summed E-state index contributed by atoms with van der Waals surface area (Å²) in [5.74, 6) is 1.86. The van der Waals surface area contributed by atoms with Gasteiger partial charge in [-0.1, -0.05) is 25.0 Å². The number of ether oxygens (including phenoxy) is 1. The maximum atomic E-state index is 9.54. The zero-order chi connectivity index (χ0) is 11.4. The third-order valence-corrected chi connectivity index (χ3v) is 3.71. The standard InChI is InChI=1S/C14H20O2/c1-16-13-8-6-12(7-9-13)14(10-15)11-4-2-3-5-11/h6-9,11,14-15H,2-5,10H2,1H3. The zero-order valence-corrected chi connectivity index (χ0v) is 9.86. The number of rotatable bonds is 4. The van der Waals surface area contributed by atoms with Gasteiger partial charge in [-0.15, -0.1) is 0 Å². The second-order valence-electron chi connectivity index (χ2n) is 4.61. The smallest absolute Gasteiger partial charge is 0.118 e. The Hall–Kier alpha value is -1.02. The van der Waals surface area contributed by atoms with Crippen molar-refractivity contribution in [2.45, 2.75) is 31.6 Å². The first-order valence-corrected chi connectivity index (χ1v) is 6.10. The third kappa shape index (κ3) is 2.38. The van der Waals surface area contributed by atoms with Crippen LogP contribution in [0.4, 0.5) is 0 Å². The van der Waals surface area contributed by atoms with Crippen LogP contribution in [0.25, 0.3) is 0 Å². The summed E-state index contributed by atoms with van der Waals surface area (Å²) < 4.78 is 5.15. The van der Waals surface area contributed by atoms with E-state index in [4.69, 9.17) is 4.74 Å². The largest absolute Gasteiger partial charge is 0.497 e. The molecule has 0 heterocycles. The van der Waals surface area contributed by atoms with Crippen molar-refractivity contribution in [1.82, 2.24) is 0 Å². The molecular weight excluding hydrogens is 200 g/mol. The highest BCUT2D eigenvalue weighted by molar-refractivity contribution is 5.30. The second-order valence-corrected chi connectivity index (χ2v) is 4.61. The molecule has 0 radical (unpaired) electrons. The van der Waals surface area contributed by atoms with Gasteiger partial charge >= 0.3 is 0 Å². The van der Waals surface area contributed by atoms with Gasteiger partial charge in [0.15, 0.2) is 0 Å². The molecule has 0 aromatic heterocycles. The molecule has 0 bridgehead atoms. The fourth-order valence-corrected chi connectivity index (χ4v) is 2.74. The van der Waals surface area contributed by atoms with Crippen LogP contribution in [0.2, 0.25) is 0 Å². The summed E-state index contributed by atoms with van der Waals surface area (Å²) in [6, 6.07) is 8.12. The van der Waals surface area contributed by atoms with E-state index in [9.17, 15) is 5.11 Å². The molecule has 2 nitrogen and oxygen atoms in total. The summed E-state index contributed by atoms with van der Waals surface area (Å²) in [6.45, 7) is 0.261. The molecule has 1 N–H and O–H groups in total. The molecule has 2 heteroatoms. The topological polar surface area (TPSA) is 29.5 Å². The minimum absolute atomic E-state index is 0.261. The van der Waals surface area contributed by atoms with E-state index in [0.717, 1.165) is 5.75 Å². The van der Waals surface area contributed by atoms with Crippen LogP contribution in [0.3, 0.4) is 0 Å². The molecule has 1 aromatic rings. The van der Waals surface area contributed by atoms with Gasteiger partial charge in [-0.2, -0.15) is 0 Å². The molecule has 2 rings (SSSR count). The molecule has 0 amide bonds. The van der Waals surface area contributed by atoms with E-state index in [1.54, 1.807) is 7.11 Å². The molecule has 1 atom stereocenters. The van der Waals surface area contributed by atoms with Gasteiger partial charge in [0.1, 0.15) is 5.75 Å². The average Bonchev–Trinajstić information content (AvgIpc) is 2.85. The first-order valence-electron chi connectivity index (χ1n) is 6.10. The highest BCUT2D eigenvalue weighted by Gasteiger charge is 2.25. The van der Waals surface area contributed by atoms with Gasteiger partial charge in [-0.3, -0.25) is 0 Å². The van der Waals surface area contributed by atoms with E-state index in [1.165, 1.54) is 31.2 Å². The lowest BCUT2D eigenvalue weighted by Crippen LogP contribution is -2.13. The predicted octanol–water partition coefficient (Wildman–Crippen LogP) is 2.96. The Morgan fingerprint density at radius 3 is 2.38 bits per heavy atom. The molecular formula is C14H20O2. The van der Waals surface area contributed by atoms with Gasteiger partial charge in [0.05, 0.1) is 13.7 Å². The number of methoxy groups -OCH3 is 1. The van der Waals surface area contributed by atoms with E-state index < -0.39 is 0 Å². The lowest BCUT2D eigenvalue weighted by molar-refractivity contribution is 0.226. The highest BCUT2D eigenvalue weighted by Crippen LogP contribution is 2.37. The number of hydrogen-bond donors (Lipinski definition) is 1. The minimum atomic E-state index is 0.261. The maximum Gasteiger partial charge on any atom is 0.118 e. The van der Waals surface area contributed by atoms with Crippen molar-refractivity contribution in [2.75, 3.05) is 13.7 Å². The Bertz CT molecular complexity index is 312. The SMILES string of the molecule is COc1ccc(C(CO)C2CCCC2)cc1. The molecule has 1 saturated carbocycles. The van der Waals surface area contributed by atoms with Crippen molar-refractivity contribution in [3.63, 3.8) is 0 Å². The zero-order valence-electron chi connectivity index (χ0n) is 9.86. The quantitative estimate of drug-likeness (QED) is 0.845. The lowest BCUT2D eigenvalue weighted by Gasteiger charge is -2.21. The Balaban J connectivity index is 2.12. The molecule has 0 spiro atoms. The van der Waals surface area contributed by atoms with Crippen LogP contribution in [0.1, 0.15) is 37.2 Å². The van der Waals surface area contributed by atoms with Crippen molar-refractivity contribution >= 4 is 0 Å². The highest BCUT2D eigenvalue weighted by atomic mass is 16.5. The molecule has 0 saturated heterocycles. The van der Waals surface area contributed by atoms with Crippen molar-refractivity contribution in [3.05, 3.63) is 29.8 Å². The maximum absolute atomic E-state index is 9.54. The molecule has 1 fully saturated rings. The summed E-state index contributed by atoms with van der Waals surface area (Å²) >= 11 is 0. The molecule has 88 valence electrons. The number of benzene rings is 1. The van der Waals surface area contributed by atoms with E-state index in [1.807, 2.05) is 12.1 Å². The van der Waals surface area contributed by atoms with E-state index >= 15 is 0 Å². The number of aliphatic hydroxyl groups excluding tert-OH is 1. The van der Waals surface area contributed by atoms with Crippen LogP contribution in [0.5, 0.6) is 5.75 Å². The van der Waals surface area contributed by atoms with Crippen LogP contribution >= 0.6 is 0 Å². The van der Waals surface area contributed by atoms with Crippen LogP contribution in [-0.2, 0) is 0 Å². The van der Waals surface area contributed by atoms with E-state index in [2.05, 4.69) is 12.1 Å². The monoisotopic (exact) mass is 220 g/mol. The summed E-state index contributed by atoms with van der Waals surface area (Å²) in [6.07, 6.45) is 5.16. The van der Waals surface area contributed by atoms with Gasteiger partial charge in [0.2, 0.25) is 0 Å².